The molecule has 4 aromatic rings. The molecule has 47 heavy (non-hydrogen) atoms. The third kappa shape index (κ3) is 8.23. The highest BCUT2D eigenvalue weighted by atomic mass is 32.2. The summed E-state index contributed by atoms with van der Waals surface area (Å²) in [5, 5.41) is 21.7. The van der Waals surface area contributed by atoms with Gasteiger partial charge in [-0.2, -0.15) is 4.98 Å². The molecule has 4 bridgehead atoms. The maximum Gasteiger partial charge on any atom is 0.264 e. The van der Waals surface area contributed by atoms with Crippen molar-refractivity contribution in [3.63, 3.8) is 0 Å². The van der Waals surface area contributed by atoms with Crippen molar-refractivity contribution in [1.82, 2.24) is 19.9 Å². The Morgan fingerprint density at radius 2 is 1.81 bits per heavy atom. The molecule has 1 amide bonds. The molecular weight excluding hydrogens is 620 g/mol. The summed E-state index contributed by atoms with van der Waals surface area (Å²) in [6.45, 7) is 8.06. The number of nitrogens with zero attached hydrogens (tertiary/aromatic N) is 4. The van der Waals surface area contributed by atoms with E-state index in [-0.39, 0.29) is 60.4 Å². The first-order valence-corrected chi connectivity index (χ1v) is 16.9. The molecule has 5 rings (SSSR count). The molecule has 248 valence electrons. The summed E-state index contributed by atoms with van der Waals surface area (Å²) in [7, 11) is -4.18. The molecule has 0 fully saturated rings. The van der Waals surface area contributed by atoms with Gasteiger partial charge in [-0.3, -0.25) is 4.79 Å². The van der Waals surface area contributed by atoms with Crippen LogP contribution in [0.1, 0.15) is 47.3 Å². The molecule has 12 nitrogen and oxygen atoms in total. The number of sulfonamides is 1. The second-order valence-corrected chi connectivity index (χ2v) is 13.8. The molecule has 1 aliphatic heterocycles. The molecule has 2 atom stereocenters. The van der Waals surface area contributed by atoms with Crippen LogP contribution in [0.5, 0.6) is 5.88 Å². The number of hydrogen-bond donors (Lipinski definition) is 4. The summed E-state index contributed by atoms with van der Waals surface area (Å²) < 4.78 is 36.0. The molecule has 1 aliphatic rings. The SMILES string of the molecule is Cc1cccc(C)c1-c1cc2nc(n1)NS(=O)(=O)c1cccc(c1)C(=O)N(Cc1ccc(NC[C@@H](O)CO)nc1)[C@H](CC(C)C)CO2. The average Bonchev–Trinajstić information content (AvgIpc) is 3.04. The zero-order valence-corrected chi connectivity index (χ0v) is 27.7. The van der Waals surface area contributed by atoms with E-state index in [0.29, 0.717) is 17.9 Å². The van der Waals surface area contributed by atoms with Gasteiger partial charge in [0.15, 0.2) is 0 Å². The van der Waals surface area contributed by atoms with Gasteiger partial charge in [-0.15, -0.1) is 0 Å². The third-order valence-electron chi connectivity index (χ3n) is 7.83. The van der Waals surface area contributed by atoms with Crippen molar-refractivity contribution in [1.29, 1.82) is 0 Å². The van der Waals surface area contributed by atoms with Crippen LogP contribution in [0.2, 0.25) is 0 Å². The molecule has 0 radical (unpaired) electrons. The Labute approximate surface area is 274 Å². The van der Waals surface area contributed by atoms with Gasteiger partial charge >= 0.3 is 0 Å². The van der Waals surface area contributed by atoms with Crippen molar-refractivity contribution in [2.45, 2.75) is 57.7 Å². The van der Waals surface area contributed by atoms with Gasteiger partial charge in [0.2, 0.25) is 11.8 Å². The van der Waals surface area contributed by atoms with Gasteiger partial charge in [-0.05, 0) is 67.1 Å². The molecule has 4 N–H and O–H groups in total. The van der Waals surface area contributed by atoms with Gasteiger partial charge in [0.1, 0.15) is 12.4 Å². The Kier molecular flexibility index (Phi) is 10.4. The number of aliphatic hydroxyl groups is 2. The molecule has 3 heterocycles. The number of nitrogens with one attached hydrogen (secondary N) is 2. The number of pyridine rings is 1. The molecule has 2 aromatic carbocycles. The van der Waals surface area contributed by atoms with E-state index in [9.17, 15) is 18.3 Å². The molecule has 0 saturated carbocycles. The van der Waals surface area contributed by atoms with Crippen molar-refractivity contribution in [2.24, 2.45) is 5.92 Å². The largest absolute Gasteiger partial charge is 0.475 e. The number of aliphatic hydroxyl groups excluding tert-OH is 2. The van der Waals surface area contributed by atoms with Crippen LogP contribution < -0.4 is 14.8 Å². The number of aryl methyl sites for hydroxylation is 2. The number of rotatable bonds is 9. The Hall–Kier alpha value is -4.59. The summed E-state index contributed by atoms with van der Waals surface area (Å²) in [6.07, 6.45) is 1.30. The van der Waals surface area contributed by atoms with Crippen LogP contribution in [0.25, 0.3) is 11.3 Å². The van der Waals surface area contributed by atoms with Crippen molar-refractivity contribution in [2.75, 3.05) is 29.8 Å². The second kappa shape index (κ2) is 14.4. The Morgan fingerprint density at radius 1 is 1.06 bits per heavy atom. The minimum atomic E-state index is -4.18. The highest BCUT2D eigenvalue weighted by molar-refractivity contribution is 7.92. The van der Waals surface area contributed by atoms with Crippen molar-refractivity contribution in [3.05, 3.63) is 89.1 Å². The van der Waals surface area contributed by atoms with Gasteiger partial charge in [0.25, 0.3) is 15.9 Å². The minimum absolute atomic E-state index is 0.0884. The average molecular weight is 661 g/mol. The van der Waals surface area contributed by atoms with E-state index in [1.54, 1.807) is 29.3 Å². The maximum absolute atomic E-state index is 14.2. The minimum Gasteiger partial charge on any atom is -0.475 e. The van der Waals surface area contributed by atoms with Gasteiger partial charge in [0, 0.05) is 36.5 Å². The first-order chi connectivity index (χ1) is 22.4. The number of anilines is 2. The summed E-state index contributed by atoms with van der Waals surface area (Å²) in [5.74, 6) is 0.364. The lowest BCUT2D eigenvalue weighted by atomic mass is 10.00. The highest BCUT2D eigenvalue weighted by Gasteiger charge is 2.29. The van der Waals surface area contributed by atoms with Crippen LogP contribution in [-0.4, -0.2) is 76.3 Å². The summed E-state index contributed by atoms with van der Waals surface area (Å²) in [4.78, 5) is 29.2. The van der Waals surface area contributed by atoms with Gasteiger partial charge in [0.05, 0.1) is 29.3 Å². The van der Waals surface area contributed by atoms with Crippen molar-refractivity contribution in [3.8, 4) is 17.1 Å². The van der Waals surface area contributed by atoms with E-state index in [0.717, 1.165) is 22.3 Å². The topological polar surface area (TPSA) is 167 Å². The van der Waals surface area contributed by atoms with E-state index in [4.69, 9.17) is 9.84 Å². The number of amides is 1. The van der Waals surface area contributed by atoms with E-state index >= 15 is 0 Å². The smallest absolute Gasteiger partial charge is 0.264 e. The number of carbonyl (C=O) groups excluding carboxylic acids is 1. The van der Waals surface area contributed by atoms with E-state index < -0.39 is 22.2 Å². The Balaban J connectivity index is 1.57. The molecule has 0 spiro atoms. The first kappa shape index (κ1) is 33.8. The number of aromatic nitrogens is 3. The maximum atomic E-state index is 14.2. The fraction of sp³-hybridized carbons (Fsp3) is 0.353. The zero-order valence-electron chi connectivity index (χ0n) is 26.8. The molecule has 0 unspecified atom stereocenters. The van der Waals surface area contributed by atoms with Gasteiger partial charge in [-0.1, -0.05) is 44.2 Å². The molecule has 13 heteroatoms. The van der Waals surface area contributed by atoms with Crippen LogP contribution in [0.15, 0.2) is 71.8 Å². The molecule has 0 saturated heterocycles. The lowest BCUT2D eigenvalue weighted by Gasteiger charge is -2.33. The monoisotopic (exact) mass is 660 g/mol. The fourth-order valence-corrected chi connectivity index (χ4v) is 6.51. The third-order valence-corrected chi connectivity index (χ3v) is 9.16. The van der Waals surface area contributed by atoms with Crippen LogP contribution in [-0.2, 0) is 16.6 Å². The number of benzene rings is 2. The lowest BCUT2D eigenvalue weighted by Crippen LogP contribution is -2.44. The van der Waals surface area contributed by atoms with Crippen LogP contribution in [0, 0.1) is 19.8 Å². The number of ether oxygens (including phenoxy) is 1. The predicted octanol–water partition coefficient (Wildman–Crippen LogP) is 4.17. The van der Waals surface area contributed by atoms with Crippen LogP contribution in [0.4, 0.5) is 11.8 Å². The predicted molar refractivity (Wildman–Crippen MR) is 179 cm³/mol. The van der Waals surface area contributed by atoms with Crippen LogP contribution in [0.3, 0.4) is 0 Å². The number of fused-ring (bicyclic) bond motifs is 4. The first-order valence-electron chi connectivity index (χ1n) is 15.4. The summed E-state index contributed by atoms with van der Waals surface area (Å²) in [6, 6.07) is 16.6. The van der Waals surface area contributed by atoms with Crippen LogP contribution >= 0.6 is 0 Å². The zero-order chi connectivity index (χ0) is 33.7. The molecule has 2 aromatic heterocycles. The quantitative estimate of drug-likeness (QED) is 0.205. The number of carbonyl (C=O) groups is 1. The van der Waals surface area contributed by atoms with E-state index in [1.807, 2.05) is 38.1 Å². The standard InChI is InChI=1S/C34H40N6O6S/c1-21(2)13-26-20-46-31-15-29(32-22(3)7-5-8-23(32)4)37-34(38-31)39-47(44,45)28-10-6-9-25(14-28)33(43)40(26)18-24-11-12-30(35-16-24)36-17-27(42)19-41/h5-12,14-16,21,26-27,41-42H,13,17-20H2,1-4H3,(H,35,36)(H,37,38,39)/t26-,27-/m1/s1. The normalized spacial score (nSPS) is 16.7. The lowest BCUT2D eigenvalue weighted by molar-refractivity contribution is 0.0553. The van der Waals surface area contributed by atoms with E-state index in [2.05, 4.69) is 38.8 Å². The molecule has 0 aliphatic carbocycles. The molecular formula is C34H40N6O6S. The Bertz CT molecular complexity index is 1810. The Morgan fingerprint density at radius 3 is 2.49 bits per heavy atom. The summed E-state index contributed by atoms with van der Waals surface area (Å²) >= 11 is 0. The second-order valence-electron chi connectivity index (χ2n) is 12.1. The van der Waals surface area contributed by atoms with Crippen molar-refractivity contribution < 1.29 is 28.2 Å². The fourth-order valence-electron chi connectivity index (χ4n) is 5.52. The van der Waals surface area contributed by atoms with Gasteiger partial charge < -0.3 is 25.2 Å². The van der Waals surface area contributed by atoms with Gasteiger partial charge in [-0.25, -0.2) is 23.1 Å². The number of hydrogen-bond acceptors (Lipinski definition) is 10. The highest BCUT2D eigenvalue weighted by Crippen LogP contribution is 2.30. The van der Waals surface area contributed by atoms with Crippen molar-refractivity contribution >= 4 is 27.7 Å². The van der Waals surface area contributed by atoms with E-state index in [1.165, 1.54) is 18.2 Å². The summed E-state index contributed by atoms with van der Waals surface area (Å²) in [5.41, 5.74) is 4.21.